The number of carbonyl (C=O) groups excluding carboxylic acids is 1. The molecule has 1 fully saturated rings. The van der Waals surface area contributed by atoms with E-state index in [2.05, 4.69) is 0 Å². The van der Waals surface area contributed by atoms with Crippen LogP contribution in [0.4, 0.5) is 0 Å². The van der Waals surface area contributed by atoms with E-state index in [9.17, 15) is 4.79 Å². The number of ether oxygens (including phenoxy) is 1. The topological polar surface area (TPSA) is 52.3 Å². The predicted octanol–water partition coefficient (Wildman–Crippen LogP) is -0.307. The van der Waals surface area contributed by atoms with Gasteiger partial charge in [-0.2, -0.15) is 0 Å². The molecule has 0 amide bonds. The second-order valence-corrected chi connectivity index (χ2v) is 2.27. The van der Waals surface area contributed by atoms with Crippen molar-refractivity contribution in [3.63, 3.8) is 0 Å². The molecule has 0 aliphatic carbocycles. The van der Waals surface area contributed by atoms with Crippen LogP contribution in [0.25, 0.3) is 0 Å². The number of carbonyl (C=O) groups is 1. The molecule has 1 atom stereocenters. The minimum Gasteiger partial charge on any atom is -0.374 e. The van der Waals surface area contributed by atoms with Gasteiger partial charge in [0.1, 0.15) is 6.61 Å². The lowest BCUT2D eigenvalue weighted by molar-refractivity contribution is -0.123. The number of hydrogen-bond donors (Lipinski definition) is 1. The Balaban J connectivity index is 2.41. The van der Waals surface area contributed by atoms with Crippen LogP contribution in [0.15, 0.2) is 0 Å². The largest absolute Gasteiger partial charge is 0.374 e. The van der Waals surface area contributed by atoms with Gasteiger partial charge in [0.15, 0.2) is 5.78 Å². The highest BCUT2D eigenvalue weighted by atomic mass is 16.5. The van der Waals surface area contributed by atoms with Crippen LogP contribution in [0.3, 0.4) is 0 Å². The Kier molecular flexibility index (Phi) is 2.19. The molecule has 0 aromatic carbocycles. The van der Waals surface area contributed by atoms with E-state index < -0.39 is 0 Å². The van der Waals surface area contributed by atoms with Gasteiger partial charge < -0.3 is 10.5 Å². The smallest absolute Gasteiger partial charge is 0.175 e. The van der Waals surface area contributed by atoms with E-state index in [-0.39, 0.29) is 18.4 Å². The summed E-state index contributed by atoms with van der Waals surface area (Å²) in [4.78, 5) is 10.8. The number of nitrogens with two attached hydrogens (primary N) is 1. The van der Waals surface area contributed by atoms with Gasteiger partial charge in [-0.15, -0.1) is 0 Å². The van der Waals surface area contributed by atoms with Gasteiger partial charge in [0, 0.05) is 6.61 Å². The third kappa shape index (κ3) is 1.77. The van der Waals surface area contributed by atoms with Gasteiger partial charge in [-0.1, -0.05) is 0 Å². The van der Waals surface area contributed by atoms with E-state index in [0.717, 1.165) is 12.8 Å². The summed E-state index contributed by atoms with van der Waals surface area (Å²) in [5.74, 6) is 0.0347. The maximum atomic E-state index is 10.8. The lowest BCUT2D eigenvalue weighted by atomic mass is 10.1. The quantitative estimate of drug-likeness (QED) is 0.488. The lowest BCUT2D eigenvalue weighted by Gasteiger charge is -2.01. The van der Waals surface area contributed by atoms with Crippen molar-refractivity contribution in [1.82, 2.24) is 0 Å². The molecule has 2 N–H and O–H groups in total. The summed E-state index contributed by atoms with van der Waals surface area (Å²) in [5.41, 5.74) is 5.45. The summed E-state index contributed by atoms with van der Waals surface area (Å²) >= 11 is 0. The Labute approximate surface area is 54.2 Å². The molecule has 0 aromatic rings. The van der Waals surface area contributed by atoms with Crippen molar-refractivity contribution in [2.24, 2.45) is 5.73 Å². The van der Waals surface area contributed by atoms with Gasteiger partial charge in [0.25, 0.3) is 0 Å². The second-order valence-electron chi connectivity index (χ2n) is 2.27. The monoisotopic (exact) mass is 129 g/mol. The fourth-order valence-corrected chi connectivity index (χ4v) is 0.846. The maximum Gasteiger partial charge on any atom is 0.175 e. The molecule has 9 heavy (non-hydrogen) atoms. The molecule has 1 heterocycles. The number of ketones is 1. The normalized spacial score (nSPS) is 29.9. The number of rotatable bonds is 0. The van der Waals surface area contributed by atoms with Crippen LogP contribution < -0.4 is 5.73 Å². The molecule has 0 radical (unpaired) electrons. The van der Waals surface area contributed by atoms with Crippen molar-refractivity contribution in [1.29, 1.82) is 0 Å². The van der Waals surface area contributed by atoms with Crippen LogP contribution in [0.2, 0.25) is 0 Å². The molecule has 0 saturated carbocycles. The molecule has 1 unspecified atom stereocenters. The van der Waals surface area contributed by atoms with Crippen molar-refractivity contribution in [3.8, 4) is 0 Å². The Morgan fingerprint density at radius 1 is 1.67 bits per heavy atom. The van der Waals surface area contributed by atoms with E-state index >= 15 is 0 Å². The standard InChI is InChI=1S/C6H11NO2/c7-5-2-1-3-9-4-6(5)8/h5H,1-4,7H2. The highest BCUT2D eigenvalue weighted by Crippen LogP contribution is 2.01. The molecule has 1 aliphatic heterocycles. The van der Waals surface area contributed by atoms with Crippen molar-refractivity contribution in [2.45, 2.75) is 18.9 Å². The summed E-state index contributed by atoms with van der Waals surface area (Å²) in [6.45, 7) is 0.889. The Morgan fingerprint density at radius 3 is 3.22 bits per heavy atom. The first-order chi connectivity index (χ1) is 4.30. The lowest BCUT2D eigenvalue weighted by Crippen LogP contribution is -2.31. The maximum absolute atomic E-state index is 10.8. The third-order valence-corrected chi connectivity index (χ3v) is 1.46. The van der Waals surface area contributed by atoms with Crippen LogP contribution in [-0.2, 0) is 9.53 Å². The molecular formula is C6H11NO2. The van der Waals surface area contributed by atoms with E-state index in [1.165, 1.54) is 0 Å². The number of Topliss-reactive ketones (excluding diaryl/α,β-unsaturated/α-hetero) is 1. The first-order valence-corrected chi connectivity index (χ1v) is 3.17. The summed E-state index contributed by atoms with van der Waals surface area (Å²) in [6.07, 6.45) is 1.69. The molecule has 0 aromatic heterocycles. The SMILES string of the molecule is NC1CCCOCC1=O. The Hall–Kier alpha value is -0.410. The van der Waals surface area contributed by atoms with E-state index in [0.29, 0.717) is 6.61 Å². The summed E-state index contributed by atoms with van der Waals surface area (Å²) in [7, 11) is 0. The molecule has 3 heteroatoms. The summed E-state index contributed by atoms with van der Waals surface area (Å²) < 4.78 is 4.95. The van der Waals surface area contributed by atoms with E-state index in [1.54, 1.807) is 0 Å². The first-order valence-electron chi connectivity index (χ1n) is 3.17. The Bertz CT molecular complexity index is 114. The van der Waals surface area contributed by atoms with Crippen molar-refractivity contribution in [3.05, 3.63) is 0 Å². The molecule has 0 bridgehead atoms. The van der Waals surface area contributed by atoms with E-state index in [4.69, 9.17) is 10.5 Å². The molecule has 1 saturated heterocycles. The number of hydrogen-bond acceptors (Lipinski definition) is 3. The van der Waals surface area contributed by atoms with Crippen LogP contribution in [0, 0.1) is 0 Å². The van der Waals surface area contributed by atoms with Gasteiger partial charge in [-0.3, -0.25) is 4.79 Å². The van der Waals surface area contributed by atoms with Crippen LogP contribution in [0.5, 0.6) is 0 Å². The molecule has 1 aliphatic rings. The van der Waals surface area contributed by atoms with Crippen LogP contribution >= 0.6 is 0 Å². The van der Waals surface area contributed by atoms with Crippen LogP contribution in [0.1, 0.15) is 12.8 Å². The highest BCUT2D eigenvalue weighted by molar-refractivity contribution is 5.85. The van der Waals surface area contributed by atoms with Crippen LogP contribution in [-0.4, -0.2) is 25.0 Å². The Morgan fingerprint density at radius 2 is 2.44 bits per heavy atom. The fourth-order valence-electron chi connectivity index (χ4n) is 0.846. The fraction of sp³-hybridized carbons (Fsp3) is 0.833. The molecule has 0 spiro atoms. The second kappa shape index (κ2) is 2.94. The first kappa shape index (κ1) is 6.71. The van der Waals surface area contributed by atoms with Gasteiger partial charge in [-0.25, -0.2) is 0 Å². The zero-order valence-corrected chi connectivity index (χ0v) is 5.30. The molecule has 52 valence electrons. The average molecular weight is 129 g/mol. The van der Waals surface area contributed by atoms with Gasteiger partial charge in [0.2, 0.25) is 0 Å². The zero-order chi connectivity index (χ0) is 6.69. The van der Waals surface area contributed by atoms with Crippen molar-refractivity contribution < 1.29 is 9.53 Å². The summed E-state index contributed by atoms with van der Waals surface area (Å²) in [6, 6.07) is -0.271. The van der Waals surface area contributed by atoms with E-state index in [1.807, 2.05) is 0 Å². The molecular weight excluding hydrogens is 118 g/mol. The van der Waals surface area contributed by atoms with Gasteiger partial charge in [0.05, 0.1) is 6.04 Å². The minimum atomic E-state index is -0.271. The summed E-state index contributed by atoms with van der Waals surface area (Å²) in [5, 5.41) is 0. The van der Waals surface area contributed by atoms with Gasteiger partial charge in [-0.05, 0) is 12.8 Å². The zero-order valence-electron chi connectivity index (χ0n) is 5.30. The highest BCUT2D eigenvalue weighted by Gasteiger charge is 2.15. The van der Waals surface area contributed by atoms with Gasteiger partial charge >= 0.3 is 0 Å². The van der Waals surface area contributed by atoms with Crippen molar-refractivity contribution >= 4 is 5.78 Å². The van der Waals surface area contributed by atoms with Crippen molar-refractivity contribution in [2.75, 3.05) is 13.2 Å². The average Bonchev–Trinajstić information content (AvgIpc) is 1.99. The molecule has 1 rings (SSSR count). The minimum absolute atomic E-state index is 0.0347. The predicted molar refractivity (Wildman–Crippen MR) is 33.0 cm³/mol. The molecule has 3 nitrogen and oxygen atoms in total. The third-order valence-electron chi connectivity index (χ3n) is 1.46.